The van der Waals surface area contributed by atoms with Gasteiger partial charge in [-0.1, -0.05) is 13.0 Å². The molecule has 0 aromatic heterocycles. The molecule has 2 N–H and O–H groups in total. The number of anilines is 1. The minimum Gasteiger partial charge on any atom is -0.388 e. The smallest absolute Gasteiger partial charge is 0.388 e. The maximum atomic E-state index is 12.9. The molecule has 162 valence electrons. The second-order valence-corrected chi connectivity index (χ2v) is 7.24. The summed E-state index contributed by atoms with van der Waals surface area (Å²) in [5.41, 5.74) is -3.40. The van der Waals surface area contributed by atoms with E-state index < -0.39 is 35.1 Å². The van der Waals surface area contributed by atoms with E-state index in [1.807, 2.05) is 19.2 Å². The third kappa shape index (κ3) is 7.29. The number of halogens is 6. The van der Waals surface area contributed by atoms with E-state index in [0.29, 0.717) is 18.2 Å². The second kappa shape index (κ2) is 9.54. The van der Waals surface area contributed by atoms with E-state index in [-0.39, 0.29) is 18.4 Å². The Labute approximate surface area is 165 Å². The van der Waals surface area contributed by atoms with Gasteiger partial charge in [0, 0.05) is 18.2 Å². The number of allylic oxidation sites excluding steroid dienone is 1. The molecule has 1 aromatic carbocycles. The van der Waals surface area contributed by atoms with Gasteiger partial charge >= 0.3 is 12.4 Å². The lowest BCUT2D eigenvalue weighted by molar-refractivity contribution is -0.143. The van der Waals surface area contributed by atoms with Crippen molar-refractivity contribution in [1.29, 1.82) is 0 Å². The topological polar surface area (TPSA) is 41.1 Å². The summed E-state index contributed by atoms with van der Waals surface area (Å²) >= 11 is 0. The Balaban J connectivity index is 1.98. The predicted octanol–water partition coefficient (Wildman–Crippen LogP) is 6.12. The number of hydrogen-bond acceptors (Lipinski definition) is 2. The third-order valence-corrected chi connectivity index (χ3v) is 4.88. The number of benzene rings is 1. The molecule has 0 spiro atoms. The van der Waals surface area contributed by atoms with Gasteiger partial charge in [-0.15, -0.1) is 0 Å². The Morgan fingerprint density at radius 2 is 1.55 bits per heavy atom. The van der Waals surface area contributed by atoms with E-state index in [4.69, 9.17) is 0 Å². The molecule has 0 heterocycles. The first-order valence-electron chi connectivity index (χ1n) is 9.49. The van der Waals surface area contributed by atoms with Crippen molar-refractivity contribution in [3.05, 3.63) is 41.6 Å². The lowest BCUT2D eigenvalue weighted by atomic mass is 9.84. The highest BCUT2D eigenvalue weighted by molar-refractivity contribution is 5.91. The molecule has 1 aromatic rings. The summed E-state index contributed by atoms with van der Waals surface area (Å²) in [6.07, 6.45) is -1.75. The lowest BCUT2D eigenvalue weighted by Gasteiger charge is -2.28. The Morgan fingerprint density at radius 3 is 2.03 bits per heavy atom. The van der Waals surface area contributed by atoms with Crippen molar-refractivity contribution in [3.8, 4) is 0 Å². The molecular weight excluding hydrogens is 398 g/mol. The molecule has 0 unspecified atom stereocenters. The molecule has 1 saturated carbocycles. The number of alkyl halides is 6. The second-order valence-electron chi connectivity index (χ2n) is 7.24. The normalized spacial score (nSPS) is 20.7. The molecule has 9 heteroatoms. The van der Waals surface area contributed by atoms with Crippen molar-refractivity contribution in [2.45, 2.75) is 63.8 Å². The largest absolute Gasteiger partial charge is 0.416 e. The minimum atomic E-state index is -4.95. The fourth-order valence-corrected chi connectivity index (χ4v) is 3.36. The summed E-state index contributed by atoms with van der Waals surface area (Å²) in [7, 11) is 0. The van der Waals surface area contributed by atoms with Crippen LogP contribution in [0, 0.1) is 5.92 Å². The van der Waals surface area contributed by atoms with Crippen molar-refractivity contribution in [1.82, 2.24) is 5.32 Å². The molecule has 1 amide bonds. The molecule has 1 aliphatic rings. The first-order valence-corrected chi connectivity index (χ1v) is 9.49. The monoisotopic (exact) mass is 422 g/mol. The highest BCUT2D eigenvalue weighted by atomic mass is 19.4. The zero-order chi connectivity index (χ0) is 21.7. The van der Waals surface area contributed by atoms with E-state index >= 15 is 0 Å². The summed E-state index contributed by atoms with van der Waals surface area (Å²) in [4.78, 5) is 12.2. The van der Waals surface area contributed by atoms with Crippen LogP contribution in [0.15, 0.2) is 30.5 Å². The number of carbonyl (C=O) groups is 1. The van der Waals surface area contributed by atoms with Gasteiger partial charge in [0.2, 0.25) is 5.91 Å². The van der Waals surface area contributed by atoms with Crippen LogP contribution in [0.3, 0.4) is 0 Å². The van der Waals surface area contributed by atoms with Crippen molar-refractivity contribution in [3.63, 3.8) is 0 Å². The van der Waals surface area contributed by atoms with Crippen LogP contribution in [0.25, 0.3) is 0 Å². The van der Waals surface area contributed by atoms with Crippen LogP contribution >= 0.6 is 0 Å². The quantitative estimate of drug-likeness (QED) is 0.542. The Kier molecular flexibility index (Phi) is 7.60. The van der Waals surface area contributed by atoms with Gasteiger partial charge in [-0.2, -0.15) is 26.3 Å². The number of amides is 1. The molecular formula is C20H24F6N2O. The minimum absolute atomic E-state index is 0.0386. The van der Waals surface area contributed by atoms with Crippen LogP contribution < -0.4 is 10.6 Å². The summed E-state index contributed by atoms with van der Waals surface area (Å²) in [6.45, 7) is 2.02. The van der Waals surface area contributed by atoms with Gasteiger partial charge in [0.1, 0.15) is 0 Å². The van der Waals surface area contributed by atoms with Crippen LogP contribution in [-0.2, 0) is 17.1 Å². The van der Waals surface area contributed by atoms with Crippen molar-refractivity contribution >= 4 is 11.6 Å². The van der Waals surface area contributed by atoms with Gasteiger partial charge in [0.05, 0.1) is 11.1 Å². The SMILES string of the molecule is CC/C=C/NC1CCC(CC(=O)Nc2cc(C(F)(F)F)cc(C(F)(F)F)c2)CC1. The van der Waals surface area contributed by atoms with Crippen LogP contribution in [-0.4, -0.2) is 11.9 Å². The standard InChI is InChI=1S/C20H24F6N2O/c1-2-3-8-27-16-6-4-13(5-7-16)9-18(29)28-17-11-14(19(21,22)23)10-15(12-17)20(24,25)26/h3,8,10-13,16,27H,2,4-7,9H2,1H3,(H,28,29)/b8-3+. The van der Waals surface area contributed by atoms with Gasteiger partial charge in [0.25, 0.3) is 0 Å². The third-order valence-electron chi connectivity index (χ3n) is 4.88. The lowest BCUT2D eigenvalue weighted by Crippen LogP contribution is -2.30. The molecule has 0 saturated heterocycles. The molecule has 2 rings (SSSR count). The average molecular weight is 422 g/mol. The fraction of sp³-hybridized carbons (Fsp3) is 0.550. The van der Waals surface area contributed by atoms with Gasteiger partial charge in [-0.3, -0.25) is 4.79 Å². The van der Waals surface area contributed by atoms with Crippen molar-refractivity contribution in [2.75, 3.05) is 5.32 Å². The van der Waals surface area contributed by atoms with Crippen LogP contribution in [0.4, 0.5) is 32.0 Å². The first kappa shape index (κ1) is 23.1. The molecule has 1 aliphatic carbocycles. The average Bonchev–Trinajstić information content (AvgIpc) is 2.61. The number of hydrogen-bond donors (Lipinski definition) is 2. The zero-order valence-electron chi connectivity index (χ0n) is 16.0. The van der Waals surface area contributed by atoms with Crippen molar-refractivity contribution < 1.29 is 31.1 Å². The van der Waals surface area contributed by atoms with E-state index in [2.05, 4.69) is 10.6 Å². The van der Waals surface area contributed by atoms with Gasteiger partial charge < -0.3 is 10.6 Å². The summed E-state index contributed by atoms with van der Waals surface area (Å²) < 4.78 is 77.4. The van der Waals surface area contributed by atoms with E-state index in [1.54, 1.807) is 0 Å². The zero-order valence-corrected chi connectivity index (χ0v) is 16.0. The van der Waals surface area contributed by atoms with E-state index in [9.17, 15) is 31.1 Å². The van der Waals surface area contributed by atoms with Gasteiger partial charge in [-0.25, -0.2) is 0 Å². The molecule has 0 atom stereocenters. The Bertz CT molecular complexity index is 686. The Hall–Kier alpha value is -2.19. The number of rotatable bonds is 6. The number of carbonyl (C=O) groups excluding carboxylic acids is 1. The first-order chi connectivity index (χ1) is 13.5. The molecule has 0 radical (unpaired) electrons. The van der Waals surface area contributed by atoms with Crippen LogP contribution in [0.1, 0.15) is 56.6 Å². The maximum Gasteiger partial charge on any atom is 0.416 e. The van der Waals surface area contributed by atoms with E-state index in [0.717, 1.165) is 32.1 Å². The van der Waals surface area contributed by atoms with Crippen LogP contribution in [0.5, 0.6) is 0 Å². The molecule has 29 heavy (non-hydrogen) atoms. The molecule has 1 fully saturated rings. The highest BCUT2D eigenvalue weighted by Gasteiger charge is 2.37. The molecule has 0 aliphatic heterocycles. The summed E-state index contributed by atoms with van der Waals surface area (Å²) in [5, 5.41) is 5.48. The highest BCUT2D eigenvalue weighted by Crippen LogP contribution is 2.37. The van der Waals surface area contributed by atoms with Gasteiger partial charge in [0.15, 0.2) is 0 Å². The molecule has 3 nitrogen and oxygen atoms in total. The molecule has 0 bridgehead atoms. The Morgan fingerprint density at radius 1 is 1.00 bits per heavy atom. The van der Waals surface area contributed by atoms with E-state index in [1.165, 1.54) is 0 Å². The van der Waals surface area contributed by atoms with Crippen LogP contribution in [0.2, 0.25) is 0 Å². The number of nitrogens with one attached hydrogen (secondary N) is 2. The van der Waals surface area contributed by atoms with Crippen molar-refractivity contribution in [2.24, 2.45) is 5.92 Å². The maximum absolute atomic E-state index is 12.9. The fourth-order valence-electron chi connectivity index (χ4n) is 3.36. The summed E-state index contributed by atoms with van der Waals surface area (Å²) in [6, 6.07) is 1.40. The van der Waals surface area contributed by atoms with Gasteiger partial charge in [-0.05, 0) is 62.4 Å². The predicted molar refractivity (Wildman–Crippen MR) is 98.0 cm³/mol. The summed E-state index contributed by atoms with van der Waals surface area (Å²) in [5.74, 6) is -0.532.